The van der Waals surface area contributed by atoms with E-state index < -0.39 is 17.6 Å². The van der Waals surface area contributed by atoms with Crippen LogP contribution in [0, 0.1) is 12.7 Å². The molecule has 136 valence electrons. The van der Waals surface area contributed by atoms with Crippen LogP contribution in [0.4, 0.5) is 35.1 Å². The molecular formula is C16H14F4N6. The molecule has 6 nitrogen and oxygen atoms in total. The first kappa shape index (κ1) is 17.6. The molecule has 3 rings (SSSR count). The standard InChI is InChI=1S/C16H14F4N6/c1-7-4-11(24-14-12(7)13(21)25-15(22)26-14)23-6-8-2-3-9(17)5-10(8)16(18,19)20/h2-5H,6H2,1H3,(H5,21,22,23,24,25,26). The van der Waals surface area contributed by atoms with E-state index in [1.54, 1.807) is 13.0 Å². The summed E-state index contributed by atoms with van der Waals surface area (Å²) in [5, 5.41) is 3.31. The van der Waals surface area contributed by atoms with Gasteiger partial charge in [0.25, 0.3) is 0 Å². The zero-order valence-corrected chi connectivity index (χ0v) is 13.5. The Bertz CT molecular complexity index is 987. The number of aryl methyl sites for hydroxylation is 1. The third-order valence-corrected chi connectivity index (χ3v) is 3.75. The fourth-order valence-corrected chi connectivity index (χ4v) is 2.61. The number of pyridine rings is 1. The van der Waals surface area contributed by atoms with Crippen LogP contribution in [0.5, 0.6) is 0 Å². The summed E-state index contributed by atoms with van der Waals surface area (Å²) >= 11 is 0. The van der Waals surface area contributed by atoms with Gasteiger partial charge in [0.1, 0.15) is 17.5 Å². The van der Waals surface area contributed by atoms with Crippen LogP contribution in [0.2, 0.25) is 0 Å². The Morgan fingerprint density at radius 3 is 2.50 bits per heavy atom. The first-order valence-electron chi connectivity index (χ1n) is 7.45. The molecule has 0 amide bonds. The van der Waals surface area contributed by atoms with Crippen LogP contribution < -0.4 is 16.8 Å². The number of fused-ring (bicyclic) bond motifs is 1. The van der Waals surface area contributed by atoms with Crippen molar-refractivity contribution in [2.75, 3.05) is 16.8 Å². The lowest BCUT2D eigenvalue weighted by Crippen LogP contribution is -2.13. The first-order chi connectivity index (χ1) is 12.1. The highest BCUT2D eigenvalue weighted by molar-refractivity contribution is 5.90. The molecule has 0 saturated heterocycles. The van der Waals surface area contributed by atoms with Crippen molar-refractivity contribution in [3.05, 3.63) is 46.8 Å². The zero-order valence-electron chi connectivity index (χ0n) is 13.5. The average molecular weight is 366 g/mol. The maximum Gasteiger partial charge on any atom is 0.416 e. The molecule has 2 heterocycles. The van der Waals surface area contributed by atoms with Gasteiger partial charge in [0, 0.05) is 6.54 Å². The van der Waals surface area contributed by atoms with E-state index in [1.807, 2.05) is 0 Å². The number of benzene rings is 1. The van der Waals surface area contributed by atoms with E-state index in [0.717, 1.165) is 12.1 Å². The summed E-state index contributed by atoms with van der Waals surface area (Å²) in [6.07, 6.45) is -4.66. The summed E-state index contributed by atoms with van der Waals surface area (Å²) in [6, 6.07) is 4.12. The van der Waals surface area contributed by atoms with Gasteiger partial charge < -0.3 is 16.8 Å². The van der Waals surface area contributed by atoms with Crippen molar-refractivity contribution in [2.45, 2.75) is 19.6 Å². The van der Waals surface area contributed by atoms with Gasteiger partial charge in [-0.05, 0) is 36.2 Å². The van der Waals surface area contributed by atoms with Gasteiger partial charge in [0.15, 0.2) is 5.65 Å². The first-order valence-corrected chi connectivity index (χ1v) is 7.45. The summed E-state index contributed by atoms with van der Waals surface area (Å²) in [5.74, 6) is -0.563. The number of nitrogens with zero attached hydrogens (tertiary/aromatic N) is 3. The van der Waals surface area contributed by atoms with E-state index in [1.165, 1.54) is 0 Å². The largest absolute Gasteiger partial charge is 0.416 e. The minimum atomic E-state index is -4.66. The molecule has 0 aliphatic heterocycles. The normalized spacial score (nSPS) is 11.7. The molecule has 5 N–H and O–H groups in total. The van der Waals surface area contributed by atoms with Crippen molar-refractivity contribution >= 4 is 28.6 Å². The van der Waals surface area contributed by atoms with Crippen LogP contribution >= 0.6 is 0 Å². The van der Waals surface area contributed by atoms with Gasteiger partial charge in [-0.2, -0.15) is 23.1 Å². The third-order valence-electron chi connectivity index (χ3n) is 3.75. The molecule has 0 saturated carbocycles. The molecule has 0 bridgehead atoms. The van der Waals surface area contributed by atoms with Crippen molar-refractivity contribution in [1.82, 2.24) is 15.0 Å². The van der Waals surface area contributed by atoms with Crippen LogP contribution in [0.1, 0.15) is 16.7 Å². The SMILES string of the molecule is Cc1cc(NCc2ccc(F)cc2C(F)(F)F)nc2nc(N)nc(N)c12. The highest BCUT2D eigenvalue weighted by Crippen LogP contribution is 2.33. The van der Waals surface area contributed by atoms with E-state index in [9.17, 15) is 17.6 Å². The second-order valence-electron chi connectivity index (χ2n) is 5.64. The van der Waals surface area contributed by atoms with Crippen molar-refractivity contribution in [3.8, 4) is 0 Å². The average Bonchev–Trinajstić information content (AvgIpc) is 2.51. The van der Waals surface area contributed by atoms with E-state index in [4.69, 9.17) is 11.5 Å². The number of rotatable bonds is 3. The van der Waals surface area contributed by atoms with Crippen LogP contribution in [0.15, 0.2) is 24.3 Å². The number of hydrogen-bond acceptors (Lipinski definition) is 6. The molecule has 0 spiro atoms. The Morgan fingerprint density at radius 1 is 1.08 bits per heavy atom. The van der Waals surface area contributed by atoms with E-state index in [0.29, 0.717) is 17.0 Å². The highest BCUT2D eigenvalue weighted by Gasteiger charge is 2.33. The minimum Gasteiger partial charge on any atom is -0.383 e. The summed E-state index contributed by atoms with van der Waals surface area (Å²) < 4.78 is 52.4. The predicted octanol–water partition coefficient (Wildman–Crippen LogP) is 3.27. The van der Waals surface area contributed by atoms with E-state index in [2.05, 4.69) is 20.3 Å². The lowest BCUT2D eigenvalue weighted by molar-refractivity contribution is -0.138. The smallest absolute Gasteiger partial charge is 0.383 e. The van der Waals surface area contributed by atoms with E-state index >= 15 is 0 Å². The number of halogens is 4. The van der Waals surface area contributed by atoms with Gasteiger partial charge in [-0.1, -0.05) is 6.07 Å². The van der Waals surface area contributed by atoms with Crippen molar-refractivity contribution in [3.63, 3.8) is 0 Å². The second kappa shape index (κ2) is 6.28. The van der Waals surface area contributed by atoms with Gasteiger partial charge in [-0.25, -0.2) is 9.37 Å². The Hall–Kier alpha value is -3.17. The van der Waals surface area contributed by atoms with Crippen LogP contribution in [-0.4, -0.2) is 15.0 Å². The van der Waals surface area contributed by atoms with Gasteiger partial charge >= 0.3 is 6.18 Å². The number of alkyl halides is 3. The molecule has 0 radical (unpaired) electrons. The van der Waals surface area contributed by atoms with Crippen LogP contribution in [0.25, 0.3) is 11.0 Å². The van der Waals surface area contributed by atoms with Crippen LogP contribution in [0.3, 0.4) is 0 Å². The quantitative estimate of drug-likeness (QED) is 0.615. The molecule has 1 aromatic carbocycles. The lowest BCUT2D eigenvalue weighted by Gasteiger charge is -2.14. The molecule has 2 aromatic heterocycles. The van der Waals surface area contributed by atoms with Gasteiger partial charge in [0.05, 0.1) is 10.9 Å². The number of aromatic nitrogens is 3. The van der Waals surface area contributed by atoms with Crippen molar-refractivity contribution in [1.29, 1.82) is 0 Å². The monoisotopic (exact) mass is 366 g/mol. The van der Waals surface area contributed by atoms with Crippen molar-refractivity contribution < 1.29 is 17.6 Å². The Kier molecular flexibility index (Phi) is 4.26. The van der Waals surface area contributed by atoms with Gasteiger partial charge in [-0.15, -0.1) is 0 Å². The topological polar surface area (TPSA) is 103 Å². The Labute approximate surface area is 145 Å². The van der Waals surface area contributed by atoms with Gasteiger partial charge in [0.2, 0.25) is 5.95 Å². The molecule has 0 atom stereocenters. The second-order valence-corrected chi connectivity index (χ2v) is 5.64. The summed E-state index contributed by atoms with van der Waals surface area (Å²) in [4.78, 5) is 12.0. The number of nitrogens with one attached hydrogen (secondary N) is 1. The van der Waals surface area contributed by atoms with Crippen molar-refractivity contribution in [2.24, 2.45) is 0 Å². The molecule has 0 aliphatic rings. The fraction of sp³-hybridized carbons (Fsp3) is 0.188. The number of nitrogens with two attached hydrogens (primary N) is 2. The minimum absolute atomic E-state index is 0.0584. The van der Waals surface area contributed by atoms with E-state index in [-0.39, 0.29) is 35.3 Å². The predicted molar refractivity (Wildman–Crippen MR) is 89.6 cm³/mol. The zero-order chi connectivity index (χ0) is 19.1. The summed E-state index contributed by atoms with van der Waals surface area (Å²) in [5.41, 5.74) is 11.1. The molecule has 10 heteroatoms. The number of anilines is 3. The fourth-order valence-electron chi connectivity index (χ4n) is 2.61. The Morgan fingerprint density at radius 2 is 1.81 bits per heavy atom. The summed E-state index contributed by atoms with van der Waals surface area (Å²) in [6.45, 7) is 1.53. The molecule has 0 aliphatic carbocycles. The molecule has 26 heavy (non-hydrogen) atoms. The number of hydrogen-bond donors (Lipinski definition) is 3. The third kappa shape index (κ3) is 3.44. The highest BCUT2D eigenvalue weighted by atomic mass is 19.4. The molecule has 3 aromatic rings. The van der Waals surface area contributed by atoms with Gasteiger partial charge in [-0.3, -0.25) is 0 Å². The molecular weight excluding hydrogens is 352 g/mol. The number of nitrogen functional groups attached to an aromatic ring is 2. The maximum atomic E-state index is 13.2. The molecule has 0 fully saturated rings. The Balaban J connectivity index is 1.94. The molecule has 0 unspecified atom stereocenters. The lowest BCUT2D eigenvalue weighted by atomic mass is 10.1. The van der Waals surface area contributed by atoms with Crippen LogP contribution in [-0.2, 0) is 12.7 Å². The maximum absolute atomic E-state index is 13.2. The summed E-state index contributed by atoms with van der Waals surface area (Å²) in [7, 11) is 0.